The SMILES string of the molecule is CC(C)[C@H](N)C(=O)N(C(=O)OC(C)(C)C)C(C)COc1ncc(C(F)(F)F)cc1Cl. The largest absolute Gasteiger partial charge is 0.474 e. The number of carbonyl (C=O) groups is 2. The molecule has 0 bridgehead atoms. The molecule has 7 nitrogen and oxygen atoms in total. The average molecular weight is 454 g/mol. The Labute approximate surface area is 178 Å². The Bertz CT molecular complexity index is 766. The zero-order valence-corrected chi connectivity index (χ0v) is 18.5. The smallest absolute Gasteiger partial charge is 0.417 e. The Morgan fingerprint density at radius 1 is 1.23 bits per heavy atom. The highest BCUT2D eigenvalue weighted by Crippen LogP contribution is 2.33. The van der Waals surface area contributed by atoms with E-state index in [2.05, 4.69) is 4.98 Å². The van der Waals surface area contributed by atoms with E-state index in [-0.39, 0.29) is 23.4 Å². The van der Waals surface area contributed by atoms with E-state index >= 15 is 0 Å². The molecule has 170 valence electrons. The Morgan fingerprint density at radius 2 is 1.80 bits per heavy atom. The van der Waals surface area contributed by atoms with Crippen LogP contribution in [0.15, 0.2) is 12.3 Å². The van der Waals surface area contributed by atoms with Gasteiger partial charge in [0, 0.05) is 6.20 Å². The van der Waals surface area contributed by atoms with Crippen LogP contribution in [0.1, 0.15) is 47.1 Å². The van der Waals surface area contributed by atoms with Crippen LogP contribution in [-0.4, -0.2) is 46.2 Å². The standard InChI is InChI=1S/C19H27ClF3N3O4/c1-10(2)14(24)16(27)26(17(28)30-18(4,5)6)11(3)9-29-15-13(20)7-12(8-25-15)19(21,22)23/h7-8,10-11,14H,9,24H2,1-6H3/t11?,14-/m0/s1. The van der Waals surface area contributed by atoms with Crippen molar-refractivity contribution in [1.82, 2.24) is 9.88 Å². The van der Waals surface area contributed by atoms with Crippen molar-refractivity contribution in [1.29, 1.82) is 0 Å². The lowest BCUT2D eigenvalue weighted by atomic mass is 10.0. The van der Waals surface area contributed by atoms with Crippen LogP contribution >= 0.6 is 11.6 Å². The van der Waals surface area contributed by atoms with E-state index in [9.17, 15) is 22.8 Å². The molecule has 0 saturated heterocycles. The molecule has 1 aromatic heterocycles. The fourth-order valence-corrected chi connectivity index (χ4v) is 2.43. The van der Waals surface area contributed by atoms with Crippen molar-refractivity contribution in [3.05, 3.63) is 22.8 Å². The molecule has 2 N–H and O–H groups in total. The lowest BCUT2D eigenvalue weighted by molar-refractivity contribution is -0.138. The highest BCUT2D eigenvalue weighted by atomic mass is 35.5. The Morgan fingerprint density at radius 3 is 2.23 bits per heavy atom. The van der Waals surface area contributed by atoms with E-state index in [4.69, 9.17) is 26.8 Å². The number of aromatic nitrogens is 1. The normalized spacial score (nSPS) is 14.3. The number of amides is 2. The van der Waals surface area contributed by atoms with E-state index in [1.807, 2.05) is 0 Å². The zero-order valence-electron chi connectivity index (χ0n) is 17.7. The first-order valence-electron chi connectivity index (χ1n) is 9.21. The second kappa shape index (κ2) is 9.82. The number of nitrogens with zero attached hydrogens (tertiary/aromatic N) is 2. The van der Waals surface area contributed by atoms with Gasteiger partial charge in [-0.2, -0.15) is 13.2 Å². The summed E-state index contributed by atoms with van der Waals surface area (Å²) in [5, 5.41) is -0.356. The molecule has 2 amide bonds. The molecular weight excluding hydrogens is 427 g/mol. The molecule has 11 heteroatoms. The van der Waals surface area contributed by atoms with Crippen molar-refractivity contribution in [2.45, 2.75) is 65.4 Å². The van der Waals surface area contributed by atoms with Gasteiger partial charge in [0.05, 0.1) is 17.6 Å². The van der Waals surface area contributed by atoms with Crippen molar-refractivity contribution in [3.8, 4) is 5.88 Å². The number of carbonyl (C=O) groups excluding carboxylic acids is 2. The number of rotatable bonds is 6. The van der Waals surface area contributed by atoms with Crippen LogP contribution < -0.4 is 10.5 Å². The molecule has 2 atom stereocenters. The molecule has 0 aliphatic carbocycles. The first kappa shape index (κ1) is 26.0. The summed E-state index contributed by atoms with van der Waals surface area (Å²) in [4.78, 5) is 29.8. The second-order valence-electron chi connectivity index (χ2n) is 8.13. The highest BCUT2D eigenvalue weighted by molar-refractivity contribution is 6.31. The minimum Gasteiger partial charge on any atom is -0.474 e. The van der Waals surface area contributed by atoms with Gasteiger partial charge < -0.3 is 15.2 Å². The number of hydrogen-bond acceptors (Lipinski definition) is 6. The molecular formula is C19H27ClF3N3O4. The summed E-state index contributed by atoms with van der Waals surface area (Å²) in [5.74, 6) is -1.18. The molecule has 0 fully saturated rings. The fraction of sp³-hybridized carbons (Fsp3) is 0.632. The van der Waals surface area contributed by atoms with Gasteiger partial charge in [0.25, 0.3) is 0 Å². The van der Waals surface area contributed by atoms with Gasteiger partial charge in [-0.1, -0.05) is 25.4 Å². The van der Waals surface area contributed by atoms with Crippen molar-refractivity contribution in [2.24, 2.45) is 11.7 Å². The summed E-state index contributed by atoms with van der Waals surface area (Å²) in [5.41, 5.74) is 4.02. The maximum Gasteiger partial charge on any atom is 0.417 e. The molecule has 1 heterocycles. The van der Waals surface area contributed by atoms with Crippen LogP contribution in [0.25, 0.3) is 0 Å². The van der Waals surface area contributed by atoms with Gasteiger partial charge >= 0.3 is 12.3 Å². The van der Waals surface area contributed by atoms with Crippen molar-refractivity contribution in [2.75, 3.05) is 6.61 Å². The lowest BCUT2D eigenvalue weighted by Crippen LogP contribution is -2.55. The summed E-state index contributed by atoms with van der Waals surface area (Å²) in [6.45, 7) is 9.60. The zero-order chi connectivity index (χ0) is 23.4. The molecule has 30 heavy (non-hydrogen) atoms. The number of ether oxygens (including phenoxy) is 2. The van der Waals surface area contributed by atoms with E-state index in [1.165, 1.54) is 6.92 Å². The van der Waals surface area contributed by atoms with Crippen LogP contribution in [0.2, 0.25) is 5.02 Å². The van der Waals surface area contributed by atoms with Crippen molar-refractivity contribution < 1.29 is 32.2 Å². The van der Waals surface area contributed by atoms with Gasteiger partial charge in [-0.3, -0.25) is 4.79 Å². The molecule has 1 aromatic rings. The predicted octanol–water partition coefficient (Wildman–Crippen LogP) is 4.27. The topological polar surface area (TPSA) is 94.8 Å². The minimum atomic E-state index is -4.60. The molecule has 0 aromatic carbocycles. The summed E-state index contributed by atoms with van der Waals surface area (Å²) < 4.78 is 48.8. The first-order chi connectivity index (χ1) is 13.5. The molecule has 0 radical (unpaired) electrons. The van der Waals surface area contributed by atoms with Crippen LogP contribution in [0, 0.1) is 5.92 Å². The number of nitrogens with two attached hydrogens (primary N) is 1. The third-order valence-corrected chi connectivity index (χ3v) is 4.14. The third-order valence-electron chi connectivity index (χ3n) is 3.87. The van der Waals surface area contributed by atoms with E-state index in [0.29, 0.717) is 12.3 Å². The molecule has 0 aliphatic rings. The monoisotopic (exact) mass is 453 g/mol. The molecule has 1 rings (SSSR count). The molecule has 0 saturated carbocycles. The predicted molar refractivity (Wildman–Crippen MR) is 105 cm³/mol. The van der Waals surface area contributed by atoms with Gasteiger partial charge in [0.2, 0.25) is 11.8 Å². The van der Waals surface area contributed by atoms with Gasteiger partial charge in [-0.05, 0) is 39.7 Å². The highest BCUT2D eigenvalue weighted by Gasteiger charge is 2.36. The quantitative estimate of drug-likeness (QED) is 0.691. The van der Waals surface area contributed by atoms with E-state index < -0.39 is 41.4 Å². The Kier molecular flexibility index (Phi) is 8.50. The van der Waals surface area contributed by atoms with Gasteiger partial charge in [0.15, 0.2) is 0 Å². The van der Waals surface area contributed by atoms with Gasteiger partial charge in [-0.15, -0.1) is 0 Å². The molecule has 0 spiro atoms. The van der Waals surface area contributed by atoms with E-state index in [1.54, 1.807) is 34.6 Å². The summed E-state index contributed by atoms with van der Waals surface area (Å²) in [6.07, 6.45) is -4.93. The fourth-order valence-electron chi connectivity index (χ4n) is 2.20. The Balaban J connectivity index is 3.03. The maximum atomic E-state index is 12.8. The van der Waals surface area contributed by atoms with Gasteiger partial charge in [0.1, 0.15) is 17.2 Å². The van der Waals surface area contributed by atoms with E-state index in [0.717, 1.165) is 4.90 Å². The Hall–Kier alpha value is -2.07. The lowest BCUT2D eigenvalue weighted by Gasteiger charge is -2.32. The van der Waals surface area contributed by atoms with Crippen LogP contribution in [0.4, 0.5) is 18.0 Å². The first-order valence-corrected chi connectivity index (χ1v) is 9.59. The summed E-state index contributed by atoms with van der Waals surface area (Å²) >= 11 is 5.82. The number of alkyl halides is 3. The van der Waals surface area contributed by atoms with Crippen molar-refractivity contribution in [3.63, 3.8) is 0 Å². The summed E-state index contributed by atoms with van der Waals surface area (Å²) in [6, 6.07) is -1.15. The number of hydrogen-bond donors (Lipinski definition) is 1. The van der Waals surface area contributed by atoms with Crippen molar-refractivity contribution >= 4 is 23.6 Å². The third kappa shape index (κ3) is 7.32. The van der Waals surface area contributed by atoms with Crippen LogP contribution in [0.3, 0.4) is 0 Å². The second-order valence-corrected chi connectivity index (χ2v) is 8.53. The summed E-state index contributed by atoms with van der Waals surface area (Å²) in [7, 11) is 0. The van der Waals surface area contributed by atoms with Gasteiger partial charge in [-0.25, -0.2) is 14.7 Å². The maximum absolute atomic E-state index is 12.8. The van der Waals surface area contributed by atoms with Crippen LogP contribution in [-0.2, 0) is 15.7 Å². The molecule has 1 unspecified atom stereocenters. The number of halogens is 4. The number of pyridine rings is 1. The minimum absolute atomic E-state index is 0.249. The van der Waals surface area contributed by atoms with Crippen LogP contribution in [0.5, 0.6) is 5.88 Å². The average Bonchev–Trinajstić information content (AvgIpc) is 2.57. The molecule has 0 aliphatic heterocycles. The number of imide groups is 1.